The van der Waals surface area contributed by atoms with Crippen LogP contribution in [-0.4, -0.2) is 34.9 Å². The molecule has 1 fully saturated rings. The number of rotatable bonds is 4. The Morgan fingerprint density at radius 1 is 1.33 bits per heavy atom. The molecule has 2 aromatic rings. The Labute approximate surface area is 142 Å². The van der Waals surface area contributed by atoms with Gasteiger partial charge in [-0.2, -0.15) is 0 Å². The third-order valence-electron chi connectivity index (χ3n) is 4.47. The van der Waals surface area contributed by atoms with Gasteiger partial charge in [0.1, 0.15) is 11.5 Å². The lowest BCUT2D eigenvalue weighted by Gasteiger charge is -2.34. The fourth-order valence-electron chi connectivity index (χ4n) is 3.06. The van der Waals surface area contributed by atoms with E-state index in [-0.39, 0.29) is 11.9 Å². The van der Waals surface area contributed by atoms with Crippen molar-refractivity contribution in [2.24, 2.45) is 11.7 Å². The highest BCUT2D eigenvalue weighted by atomic mass is 16.5. The molecule has 5 heteroatoms. The van der Waals surface area contributed by atoms with Crippen molar-refractivity contribution in [2.45, 2.75) is 25.8 Å². The van der Waals surface area contributed by atoms with Crippen molar-refractivity contribution in [1.82, 2.24) is 9.88 Å². The van der Waals surface area contributed by atoms with E-state index in [1.165, 1.54) is 0 Å². The molecule has 0 radical (unpaired) electrons. The molecule has 0 saturated carbocycles. The number of amides is 1. The summed E-state index contributed by atoms with van der Waals surface area (Å²) < 4.78 is 5.86. The number of piperidine rings is 1. The minimum Gasteiger partial charge on any atom is -0.455 e. The predicted octanol–water partition coefficient (Wildman–Crippen LogP) is 3.07. The quantitative estimate of drug-likeness (QED) is 0.938. The number of carbonyl (C=O) groups is 1. The SMILES string of the molecule is C[C@@H](N)[C@H]1CCCN(C(=O)c2ccccc2Oc2cccnc2)C1. The van der Waals surface area contributed by atoms with Crippen molar-refractivity contribution in [3.8, 4) is 11.5 Å². The molecule has 5 nitrogen and oxygen atoms in total. The van der Waals surface area contributed by atoms with Crippen LogP contribution in [0.4, 0.5) is 0 Å². The van der Waals surface area contributed by atoms with Crippen LogP contribution in [0.25, 0.3) is 0 Å². The van der Waals surface area contributed by atoms with E-state index >= 15 is 0 Å². The molecular formula is C19H23N3O2. The second-order valence-corrected chi connectivity index (χ2v) is 6.30. The molecule has 1 aromatic heterocycles. The third-order valence-corrected chi connectivity index (χ3v) is 4.47. The molecule has 1 aromatic carbocycles. The van der Waals surface area contributed by atoms with Crippen molar-refractivity contribution in [3.63, 3.8) is 0 Å². The molecule has 0 bridgehead atoms. The van der Waals surface area contributed by atoms with Gasteiger partial charge in [0.25, 0.3) is 5.91 Å². The van der Waals surface area contributed by atoms with Gasteiger partial charge >= 0.3 is 0 Å². The largest absolute Gasteiger partial charge is 0.455 e. The van der Waals surface area contributed by atoms with Crippen molar-refractivity contribution >= 4 is 5.91 Å². The van der Waals surface area contributed by atoms with E-state index in [2.05, 4.69) is 4.98 Å². The molecule has 3 rings (SSSR count). The van der Waals surface area contributed by atoms with Crippen molar-refractivity contribution in [2.75, 3.05) is 13.1 Å². The zero-order valence-corrected chi connectivity index (χ0v) is 13.9. The number of benzene rings is 1. The smallest absolute Gasteiger partial charge is 0.257 e. The number of likely N-dealkylation sites (tertiary alicyclic amines) is 1. The summed E-state index contributed by atoms with van der Waals surface area (Å²) in [5.41, 5.74) is 6.61. The number of pyridine rings is 1. The Bertz CT molecular complexity index is 688. The average Bonchev–Trinajstić information content (AvgIpc) is 2.62. The number of hydrogen-bond donors (Lipinski definition) is 1. The van der Waals surface area contributed by atoms with E-state index in [1.807, 2.05) is 42.2 Å². The lowest BCUT2D eigenvalue weighted by atomic mass is 9.92. The van der Waals surface area contributed by atoms with E-state index < -0.39 is 0 Å². The fraction of sp³-hybridized carbons (Fsp3) is 0.368. The lowest BCUT2D eigenvalue weighted by molar-refractivity contribution is 0.0658. The molecule has 0 aliphatic carbocycles. The average molecular weight is 325 g/mol. The van der Waals surface area contributed by atoms with Crippen LogP contribution in [0, 0.1) is 5.92 Å². The molecule has 1 aliphatic rings. The van der Waals surface area contributed by atoms with Crippen molar-refractivity contribution < 1.29 is 9.53 Å². The van der Waals surface area contributed by atoms with Crippen LogP contribution < -0.4 is 10.5 Å². The highest BCUT2D eigenvalue weighted by molar-refractivity contribution is 5.97. The summed E-state index contributed by atoms with van der Waals surface area (Å²) in [6, 6.07) is 11.1. The van der Waals surface area contributed by atoms with E-state index in [0.717, 1.165) is 19.4 Å². The van der Waals surface area contributed by atoms with Gasteiger partial charge in [0, 0.05) is 25.3 Å². The summed E-state index contributed by atoms with van der Waals surface area (Å²) in [5.74, 6) is 1.53. The topological polar surface area (TPSA) is 68.5 Å². The molecule has 1 saturated heterocycles. The van der Waals surface area contributed by atoms with Gasteiger partial charge in [-0.15, -0.1) is 0 Å². The van der Waals surface area contributed by atoms with Crippen LogP contribution in [0.3, 0.4) is 0 Å². The molecule has 1 aliphatic heterocycles. The molecule has 1 amide bonds. The fourth-order valence-corrected chi connectivity index (χ4v) is 3.06. The van der Waals surface area contributed by atoms with Gasteiger partial charge in [0.2, 0.25) is 0 Å². The molecule has 2 heterocycles. The van der Waals surface area contributed by atoms with E-state index in [4.69, 9.17) is 10.5 Å². The van der Waals surface area contributed by atoms with Gasteiger partial charge in [-0.05, 0) is 49.9 Å². The minimum atomic E-state index is -0.000148. The number of ether oxygens (including phenoxy) is 1. The molecule has 24 heavy (non-hydrogen) atoms. The highest BCUT2D eigenvalue weighted by Crippen LogP contribution is 2.27. The standard InChI is InChI=1S/C19H23N3O2/c1-14(20)15-6-5-11-22(13-15)19(23)17-8-2-3-9-18(17)24-16-7-4-10-21-12-16/h2-4,7-10,12,14-15H,5-6,11,13,20H2,1H3/t14-,15+/m1/s1. The number of nitrogens with zero attached hydrogens (tertiary/aromatic N) is 2. The first-order valence-corrected chi connectivity index (χ1v) is 8.37. The van der Waals surface area contributed by atoms with Gasteiger partial charge in [0.05, 0.1) is 11.8 Å². The Morgan fingerprint density at radius 2 is 2.17 bits per heavy atom. The summed E-state index contributed by atoms with van der Waals surface area (Å²) in [4.78, 5) is 18.9. The van der Waals surface area contributed by atoms with E-state index in [1.54, 1.807) is 18.5 Å². The first kappa shape index (κ1) is 16.5. The van der Waals surface area contributed by atoms with Crippen LogP contribution in [0.1, 0.15) is 30.1 Å². The maximum atomic E-state index is 13.0. The number of hydrogen-bond acceptors (Lipinski definition) is 4. The normalized spacial score (nSPS) is 18.9. The first-order chi connectivity index (χ1) is 11.6. The molecule has 0 spiro atoms. The summed E-state index contributed by atoms with van der Waals surface area (Å²) in [5, 5.41) is 0. The van der Waals surface area contributed by atoms with Gasteiger partial charge in [-0.1, -0.05) is 12.1 Å². The Hall–Kier alpha value is -2.40. The maximum Gasteiger partial charge on any atom is 0.257 e. The predicted molar refractivity (Wildman–Crippen MR) is 93.0 cm³/mol. The van der Waals surface area contributed by atoms with Gasteiger partial charge in [-0.3, -0.25) is 9.78 Å². The second kappa shape index (κ2) is 7.45. The summed E-state index contributed by atoms with van der Waals surface area (Å²) in [7, 11) is 0. The number of aromatic nitrogens is 1. The van der Waals surface area contributed by atoms with Crippen LogP contribution in [0.2, 0.25) is 0 Å². The summed E-state index contributed by atoms with van der Waals surface area (Å²) in [6.07, 6.45) is 5.39. The summed E-state index contributed by atoms with van der Waals surface area (Å²) >= 11 is 0. The van der Waals surface area contributed by atoms with Crippen molar-refractivity contribution in [1.29, 1.82) is 0 Å². The summed E-state index contributed by atoms with van der Waals surface area (Å²) in [6.45, 7) is 3.49. The van der Waals surface area contributed by atoms with Gasteiger partial charge < -0.3 is 15.4 Å². The number of nitrogens with two attached hydrogens (primary N) is 1. The molecule has 2 N–H and O–H groups in total. The number of para-hydroxylation sites is 1. The Balaban J connectivity index is 1.80. The van der Waals surface area contributed by atoms with Crippen LogP contribution in [-0.2, 0) is 0 Å². The minimum absolute atomic E-state index is 0.000148. The molecule has 2 atom stereocenters. The maximum absolute atomic E-state index is 13.0. The number of carbonyl (C=O) groups excluding carboxylic acids is 1. The van der Waals surface area contributed by atoms with E-state index in [9.17, 15) is 4.79 Å². The monoisotopic (exact) mass is 325 g/mol. The Kier molecular flexibility index (Phi) is 5.11. The third kappa shape index (κ3) is 3.74. The highest BCUT2D eigenvalue weighted by Gasteiger charge is 2.27. The second-order valence-electron chi connectivity index (χ2n) is 6.30. The molecular weight excluding hydrogens is 302 g/mol. The molecule has 0 unspecified atom stereocenters. The van der Waals surface area contributed by atoms with Crippen LogP contribution >= 0.6 is 0 Å². The van der Waals surface area contributed by atoms with Crippen molar-refractivity contribution in [3.05, 3.63) is 54.4 Å². The zero-order valence-electron chi connectivity index (χ0n) is 13.9. The molecule has 126 valence electrons. The van der Waals surface area contributed by atoms with Crippen LogP contribution in [0.5, 0.6) is 11.5 Å². The van der Waals surface area contributed by atoms with E-state index in [0.29, 0.717) is 29.5 Å². The van der Waals surface area contributed by atoms with Gasteiger partial charge in [-0.25, -0.2) is 0 Å². The van der Waals surface area contributed by atoms with Gasteiger partial charge in [0.15, 0.2) is 0 Å². The lowest BCUT2D eigenvalue weighted by Crippen LogP contribution is -2.45. The Morgan fingerprint density at radius 3 is 2.92 bits per heavy atom. The zero-order chi connectivity index (χ0) is 16.9. The first-order valence-electron chi connectivity index (χ1n) is 8.37. The van der Waals surface area contributed by atoms with Crippen LogP contribution in [0.15, 0.2) is 48.8 Å².